The monoisotopic (exact) mass is 501 g/mol. The number of rotatable bonds is 7. The molecule has 1 amide bonds. The molecule has 1 N–H and O–H groups in total. The zero-order chi connectivity index (χ0) is 23.2. The number of carbonyl (C=O) groups is 1. The van der Waals surface area contributed by atoms with Crippen LogP contribution >= 0.6 is 24.0 Å². The molecule has 0 atom stereocenters. The molecule has 1 heterocycles. The maximum atomic E-state index is 12.6. The highest BCUT2D eigenvalue weighted by molar-refractivity contribution is 6.31. The average Bonchev–Trinajstić information content (AvgIpc) is 2.86. The molecule has 0 bridgehead atoms. The lowest BCUT2D eigenvalue weighted by Crippen LogP contribution is -2.46. The highest BCUT2D eigenvalue weighted by Crippen LogP contribution is 2.28. The second-order valence-corrected chi connectivity index (χ2v) is 8.33. The first-order chi connectivity index (χ1) is 16.1. The van der Waals surface area contributed by atoms with Crippen molar-refractivity contribution in [1.29, 1.82) is 0 Å². The van der Waals surface area contributed by atoms with Crippen LogP contribution in [0.15, 0.2) is 66.7 Å². The number of amides is 1. The van der Waals surface area contributed by atoms with E-state index in [-0.39, 0.29) is 18.3 Å². The fraction of sp³-hybridized carbons (Fsp3) is 0.269. The molecule has 0 unspecified atom stereocenters. The van der Waals surface area contributed by atoms with E-state index in [9.17, 15) is 4.79 Å². The van der Waals surface area contributed by atoms with Gasteiger partial charge in [-0.05, 0) is 54.1 Å². The lowest BCUT2D eigenvalue weighted by atomic mass is 10.1. The Hall–Kier alpha value is -2.93. The topological polar surface area (TPSA) is 54.0 Å². The number of hydrogen-bond donors (Lipinski definition) is 1. The highest BCUT2D eigenvalue weighted by atomic mass is 35.5. The third kappa shape index (κ3) is 6.14. The Labute approximate surface area is 211 Å². The van der Waals surface area contributed by atoms with E-state index in [4.69, 9.17) is 21.1 Å². The molecule has 3 aromatic rings. The Balaban J connectivity index is 0.00000324. The van der Waals surface area contributed by atoms with E-state index in [1.54, 1.807) is 32.4 Å². The summed E-state index contributed by atoms with van der Waals surface area (Å²) >= 11 is 6.31. The number of piperazine rings is 1. The Morgan fingerprint density at radius 1 is 0.912 bits per heavy atom. The van der Waals surface area contributed by atoms with Gasteiger partial charge >= 0.3 is 0 Å². The minimum Gasteiger partial charge on any atom is -0.493 e. The number of ether oxygens (including phenoxy) is 2. The number of nitrogens with zero attached hydrogens (tertiary/aromatic N) is 2. The summed E-state index contributed by atoms with van der Waals surface area (Å²) < 4.78 is 10.5. The van der Waals surface area contributed by atoms with Crippen LogP contribution in [0, 0.1) is 0 Å². The van der Waals surface area contributed by atoms with Gasteiger partial charge in [-0.15, -0.1) is 12.4 Å². The summed E-state index contributed by atoms with van der Waals surface area (Å²) in [5, 5.41) is 3.77. The van der Waals surface area contributed by atoms with Gasteiger partial charge in [-0.25, -0.2) is 0 Å². The van der Waals surface area contributed by atoms with Crippen molar-refractivity contribution in [3.63, 3.8) is 0 Å². The number of halogens is 2. The SMILES string of the molecule is COc1ccc(C(=O)Nc2ccc(N3CCN(Cc4ccccc4Cl)CC3)cc2)cc1OC.Cl. The number of hydrogen-bond acceptors (Lipinski definition) is 5. The number of carbonyl (C=O) groups excluding carboxylic acids is 1. The zero-order valence-electron chi connectivity index (χ0n) is 19.3. The quantitative estimate of drug-likeness (QED) is 0.472. The van der Waals surface area contributed by atoms with E-state index in [0.717, 1.165) is 49.1 Å². The number of benzene rings is 3. The van der Waals surface area contributed by atoms with Crippen LogP contribution in [0.1, 0.15) is 15.9 Å². The zero-order valence-corrected chi connectivity index (χ0v) is 20.9. The summed E-state index contributed by atoms with van der Waals surface area (Å²) in [4.78, 5) is 17.4. The molecular weight excluding hydrogens is 473 g/mol. The highest BCUT2D eigenvalue weighted by Gasteiger charge is 2.18. The molecule has 0 aromatic heterocycles. The molecule has 0 radical (unpaired) electrons. The van der Waals surface area contributed by atoms with Crippen molar-refractivity contribution in [2.45, 2.75) is 6.54 Å². The van der Waals surface area contributed by atoms with E-state index >= 15 is 0 Å². The molecule has 4 rings (SSSR count). The maximum absolute atomic E-state index is 12.6. The van der Waals surface area contributed by atoms with E-state index < -0.39 is 0 Å². The Kier molecular flexibility index (Phi) is 9.05. The molecule has 0 spiro atoms. The van der Waals surface area contributed by atoms with Gasteiger partial charge in [0.2, 0.25) is 0 Å². The van der Waals surface area contributed by atoms with Gasteiger partial charge in [0.25, 0.3) is 5.91 Å². The third-order valence-corrected chi connectivity index (χ3v) is 6.23. The molecule has 3 aromatic carbocycles. The number of methoxy groups -OCH3 is 2. The molecule has 8 heteroatoms. The molecular formula is C26H29Cl2N3O3. The fourth-order valence-corrected chi connectivity index (χ4v) is 4.16. The molecule has 1 fully saturated rings. The fourth-order valence-electron chi connectivity index (χ4n) is 3.97. The van der Waals surface area contributed by atoms with Crippen LogP contribution in [0.4, 0.5) is 11.4 Å². The van der Waals surface area contributed by atoms with Crippen molar-refractivity contribution in [1.82, 2.24) is 4.90 Å². The van der Waals surface area contributed by atoms with Gasteiger partial charge in [0.1, 0.15) is 0 Å². The third-order valence-electron chi connectivity index (χ3n) is 5.86. The summed E-state index contributed by atoms with van der Waals surface area (Å²) in [6.07, 6.45) is 0. The van der Waals surface area contributed by atoms with Crippen molar-refractivity contribution >= 4 is 41.3 Å². The summed E-state index contributed by atoms with van der Waals surface area (Å²) in [6.45, 7) is 4.71. The molecule has 180 valence electrons. The summed E-state index contributed by atoms with van der Waals surface area (Å²) in [6, 6.07) is 21.1. The van der Waals surface area contributed by atoms with E-state index in [0.29, 0.717) is 17.1 Å². The van der Waals surface area contributed by atoms with Gasteiger partial charge < -0.3 is 19.7 Å². The van der Waals surface area contributed by atoms with Gasteiger partial charge in [0.15, 0.2) is 11.5 Å². The Morgan fingerprint density at radius 3 is 2.24 bits per heavy atom. The lowest BCUT2D eigenvalue weighted by molar-refractivity contribution is 0.102. The molecule has 1 saturated heterocycles. The predicted molar refractivity (Wildman–Crippen MR) is 140 cm³/mol. The Bertz CT molecular complexity index is 1100. The van der Waals surface area contributed by atoms with Crippen LogP contribution in [-0.4, -0.2) is 51.2 Å². The first kappa shape index (κ1) is 25.7. The minimum atomic E-state index is -0.197. The van der Waals surface area contributed by atoms with Crippen LogP contribution in [0.3, 0.4) is 0 Å². The first-order valence-corrected chi connectivity index (χ1v) is 11.3. The van der Waals surface area contributed by atoms with E-state index in [2.05, 4.69) is 21.2 Å². The van der Waals surface area contributed by atoms with Crippen LogP contribution < -0.4 is 19.7 Å². The molecule has 34 heavy (non-hydrogen) atoms. The van der Waals surface area contributed by atoms with Crippen LogP contribution in [0.2, 0.25) is 5.02 Å². The summed E-state index contributed by atoms with van der Waals surface area (Å²) in [5.41, 5.74) is 3.57. The van der Waals surface area contributed by atoms with Crippen molar-refractivity contribution in [2.24, 2.45) is 0 Å². The number of anilines is 2. The van der Waals surface area contributed by atoms with Gasteiger partial charge in [-0.1, -0.05) is 29.8 Å². The maximum Gasteiger partial charge on any atom is 0.255 e. The van der Waals surface area contributed by atoms with Crippen LogP contribution in [-0.2, 0) is 6.54 Å². The molecule has 1 aliphatic rings. The van der Waals surface area contributed by atoms with Crippen LogP contribution in [0.25, 0.3) is 0 Å². The largest absolute Gasteiger partial charge is 0.493 e. The molecule has 6 nitrogen and oxygen atoms in total. The number of nitrogens with one attached hydrogen (secondary N) is 1. The Morgan fingerprint density at radius 2 is 1.59 bits per heavy atom. The molecule has 1 aliphatic heterocycles. The smallest absolute Gasteiger partial charge is 0.255 e. The van der Waals surface area contributed by atoms with Gasteiger partial charge in [-0.2, -0.15) is 0 Å². The average molecular weight is 502 g/mol. The van der Waals surface area contributed by atoms with Crippen molar-refractivity contribution in [2.75, 3.05) is 50.6 Å². The summed E-state index contributed by atoms with van der Waals surface area (Å²) in [5.74, 6) is 0.913. The van der Waals surface area contributed by atoms with E-state index in [1.165, 1.54) is 5.56 Å². The van der Waals surface area contributed by atoms with Crippen molar-refractivity contribution in [3.8, 4) is 11.5 Å². The van der Waals surface area contributed by atoms with Crippen molar-refractivity contribution < 1.29 is 14.3 Å². The van der Waals surface area contributed by atoms with Crippen molar-refractivity contribution in [3.05, 3.63) is 82.9 Å². The standard InChI is InChI=1S/C26H28ClN3O3.ClH/c1-32-24-12-7-19(17-25(24)33-2)26(31)28-21-8-10-22(11-9-21)30-15-13-29(14-16-30)18-20-5-3-4-6-23(20)27;/h3-12,17H,13-16,18H2,1-2H3,(H,28,31);1H. The van der Waals surface area contributed by atoms with Crippen LogP contribution in [0.5, 0.6) is 11.5 Å². The summed E-state index contributed by atoms with van der Waals surface area (Å²) in [7, 11) is 3.12. The van der Waals surface area contributed by atoms with Gasteiger partial charge in [0.05, 0.1) is 14.2 Å². The molecule has 0 aliphatic carbocycles. The van der Waals surface area contributed by atoms with Gasteiger partial charge in [0, 0.05) is 54.7 Å². The predicted octanol–water partition coefficient (Wildman–Crippen LogP) is 5.35. The normalized spacial score (nSPS) is 13.7. The lowest BCUT2D eigenvalue weighted by Gasteiger charge is -2.36. The second-order valence-electron chi connectivity index (χ2n) is 7.93. The first-order valence-electron chi connectivity index (χ1n) is 10.9. The van der Waals surface area contributed by atoms with Gasteiger partial charge in [-0.3, -0.25) is 9.69 Å². The minimum absolute atomic E-state index is 0. The second kappa shape index (κ2) is 12.0. The van der Waals surface area contributed by atoms with E-state index in [1.807, 2.05) is 42.5 Å². The molecule has 0 saturated carbocycles.